The smallest absolute Gasteiger partial charge is 0.329 e. The molecule has 736 valence electrons. The first-order valence-corrected chi connectivity index (χ1v) is 47.6. The number of nitrogens with two attached hydrogens (primary N) is 3. The van der Waals surface area contributed by atoms with E-state index in [0.29, 0.717) is 177 Å². The number of aliphatic hydroxyl groups excluding tert-OH is 2. The maximum absolute atomic E-state index is 14.9. The number of carbonyl (C=O) groups excluding carboxylic acids is 6. The number of rotatable bonds is 35. The Morgan fingerprint density at radius 3 is 2.20 bits per heavy atom. The molecule has 0 radical (unpaired) electrons. The summed E-state index contributed by atoms with van der Waals surface area (Å²) in [6.45, 7) is 19.6. The van der Waals surface area contributed by atoms with Crippen molar-refractivity contribution in [3.05, 3.63) is 127 Å². The second-order valence-electron chi connectivity index (χ2n) is 36.4. The van der Waals surface area contributed by atoms with Crippen LogP contribution in [0.3, 0.4) is 0 Å². The summed E-state index contributed by atoms with van der Waals surface area (Å²) in [7, 11) is 3.21. The number of anilines is 3. The summed E-state index contributed by atoms with van der Waals surface area (Å²) >= 11 is 0. The second kappa shape index (κ2) is 49.9. The SMILES string of the molecule is COC1C[C@@H]2CC[C@@H](C)[C@@](O)(O2)C(=O)C(=O)N2CCCCC2C(=O)OC(C(N)CC2CCC(n3nncc3-c3cccc(-c4cnc(N5CCN(Cc6cn(CCOCCOCCOCCOCCOCCC(=O)NCCCCn7nc(-c8ccc9oc(N)nc9c8)c8c(N)ncnc87)nn6)CC5)nc4)c3)[C@H](OC)C2)CC(=O)C(C)/C=C(\C)C(O)[C@@H](O)C(=O)C(C)CC(C)/C=C/C=C/C=C/1C. The van der Waals surface area contributed by atoms with Gasteiger partial charge in [0.1, 0.15) is 53.5 Å². The molecule has 10 unspecified atom stereocenters. The number of amides is 2. The van der Waals surface area contributed by atoms with E-state index in [0.717, 1.165) is 83.1 Å². The number of ketones is 3. The fourth-order valence-electron chi connectivity index (χ4n) is 18.5. The number of piperazine rings is 1. The Hall–Kier alpha value is -10.9. The minimum atomic E-state index is -2.51. The third kappa shape index (κ3) is 27.3. The van der Waals surface area contributed by atoms with Crippen LogP contribution >= 0.6 is 0 Å². The molecule has 2 bridgehead atoms. The number of fused-ring (bicyclic) bond motifs is 5. The highest BCUT2D eigenvalue weighted by molar-refractivity contribution is 6.39. The number of Topliss-reactive ketones (excluding diaryl/α,β-unsaturated/α-hetero) is 3. The van der Waals surface area contributed by atoms with Gasteiger partial charge < -0.3 is 94.7 Å². The Bertz CT molecular complexity index is 5400. The van der Waals surface area contributed by atoms with Crippen molar-refractivity contribution in [2.75, 3.05) is 136 Å². The van der Waals surface area contributed by atoms with Crippen molar-refractivity contribution < 1.29 is 91.1 Å². The summed E-state index contributed by atoms with van der Waals surface area (Å²) in [5.74, 6) is -8.24. The first-order chi connectivity index (χ1) is 65.7. The van der Waals surface area contributed by atoms with Gasteiger partial charge in [0.15, 0.2) is 17.0 Å². The van der Waals surface area contributed by atoms with E-state index in [1.807, 2.05) is 97.8 Å². The molecular weight excluding hydrogens is 1750 g/mol. The first-order valence-electron chi connectivity index (χ1n) is 47.6. The molecule has 10 heterocycles. The van der Waals surface area contributed by atoms with Gasteiger partial charge in [0.05, 0.1) is 120 Å². The number of nitrogens with zero attached hydrogens (tertiary/aromatic N) is 16. The van der Waals surface area contributed by atoms with Crippen LogP contribution in [0.2, 0.25) is 0 Å². The van der Waals surface area contributed by atoms with Crippen molar-refractivity contribution >= 4 is 75.0 Å². The third-order valence-electron chi connectivity index (χ3n) is 26.4. The third-order valence-corrected chi connectivity index (χ3v) is 26.4. The highest BCUT2D eigenvalue weighted by Gasteiger charge is 2.53. The minimum absolute atomic E-state index is 0.0107. The summed E-state index contributed by atoms with van der Waals surface area (Å²) in [5.41, 5.74) is 27.7. The van der Waals surface area contributed by atoms with Gasteiger partial charge in [0.2, 0.25) is 17.6 Å². The van der Waals surface area contributed by atoms with E-state index in [1.165, 1.54) is 19.3 Å². The normalized spacial score (nSPS) is 26.4. The molecule has 39 nitrogen and oxygen atoms in total. The van der Waals surface area contributed by atoms with Crippen LogP contribution in [0.25, 0.3) is 55.8 Å². The van der Waals surface area contributed by atoms with E-state index in [9.17, 15) is 44.1 Å². The van der Waals surface area contributed by atoms with E-state index in [4.69, 9.17) is 79.3 Å². The lowest BCUT2D eigenvalue weighted by atomic mass is 9.79. The van der Waals surface area contributed by atoms with Crippen LogP contribution in [0.1, 0.15) is 150 Å². The number of aryl methyl sites for hydroxylation is 1. The molecule has 8 aromatic rings. The van der Waals surface area contributed by atoms with E-state index in [1.54, 1.807) is 56.6 Å². The zero-order valence-electron chi connectivity index (χ0n) is 79.3. The molecule has 10 N–H and O–H groups in total. The molecule has 2 amide bonds. The molecule has 2 aromatic carbocycles. The first kappa shape index (κ1) is 102. The second-order valence-corrected chi connectivity index (χ2v) is 36.4. The predicted molar refractivity (Wildman–Crippen MR) is 504 cm³/mol. The Kier molecular flexibility index (Phi) is 37.6. The number of nitrogens with one attached hydrogen (secondary N) is 1. The van der Waals surface area contributed by atoms with Gasteiger partial charge in [-0.3, -0.25) is 28.9 Å². The average Bonchev–Trinajstić information content (AvgIpc) is 1.71. The number of unbranched alkanes of at least 4 members (excludes halogenated alkanes) is 1. The molecule has 5 aliphatic rings. The number of aliphatic hydroxyl groups is 3. The van der Waals surface area contributed by atoms with Gasteiger partial charge >= 0.3 is 5.97 Å². The quantitative estimate of drug-likeness (QED) is 0.00858. The molecule has 1 aliphatic carbocycles. The Morgan fingerprint density at radius 2 is 1.46 bits per heavy atom. The van der Waals surface area contributed by atoms with Gasteiger partial charge in [-0.1, -0.05) is 92.8 Å². The van der Waals surface area contributed by atoms with E-state index < -0.39 is 95.4 Å². The summed E-state index contributed by atoms with van der Waals surface area (Å²) < 4.78 is 64.0. The van der Waals surface area contributed by atoms with Crippen LogP contribution in [-0.4, -0.2) is 299 Å². The number of methoxy groups -OCH3 is 2. The number of hydrogen-bond acceptors (Lipinski definition) is 34. The lowest BCUT2D eigenvalue weighted by molar-refractivity contribution is -0.265. The molecule has 4 aliphatic heterocycles. The topological polar surface area (TPSA) is 503 Å². The van der Waals surface area contributed by atoms with Crippen molar-refractivity contribution in [1.29, 1.82) is 0 Å². The van der Waals surface area contributed by atoms with Gasteiger partial charge in [0, 0.05) is 145 Å². The standard InChI is InChI=1S/C97H134N20O19/c1-61-17-10-9-11-18-62(2)81(127-7)53-73-25-22-66(6)97(126,136-73)90(123)93(124)115-30-14-12-21-77(115)94(125)134-82(54-79(118)63(3)48-65(5)88(121)89(122)87(120)64(4)47-61)74(98)49-67-23-26-76(83(50-67)128-8)117-78(57-106-110-117)69-20-16-19-68(51-69)71-55-102-96(103-56-71)113-34-32-112(33-35-113)58-72-59-114(111-108-72)36-38-130-40-42-132-44-46-133-45-43-131-41-39-129-37-28-84(119)101-29-13-15-31-116-92-85(91(99)104-60-105-92)86(109-116)70-24-27-80-75(52-70)107-95(100)135-80/h9-11,16-20,24,27,48,51-52,55-57,59-61,63-64,66-67,73-74,76-77,81-83,88-89,121-122,126H,12-15,21-23,25-26,28-47,49-50,53-54,58,98H2,1-8H3,(H2,100,107)(H,101,119)(H2,99,104,105)/b11-9+,17-10+,62-18+,65-48+/t61?,63?,64?,66-,67?,73+,74?,76?,77?,81?,82?,83-,88?,89+,97-/m1/s1. The monoisotopic (exact) mass is 1880 g/mol. The van der Waals surface area contributed by atoms with Crippen LogP contribution in [0.5, 0.6) is 0 Å². The number of aromatic nitrogens is 13. The van der Waals surface area contributed by atoms with Crippen molar-refractivity contribution in [2.24, 2.45) is 35.3 Å². The van der Waals surface area contributed by atoms with Crippen LogP contribution in [0.15, 0.2) is 126 Å². The number of benzene rings is 2. The number of hydrogen-bond donors (Lipinski definition) is 7. The molecular formula is C97H134N20O19. The number of nitrogen functional groups attached to an aromatic ring is 2. The summed E-state index contributed by atoms with van der Waals surface area (Å²) in [6.07, 6.45) is 19.4. The molecule has 1 saturated carbocycles. The Labute approximate surface area is 792 Å². The molecule has 136 heavy (non-hydrogen) atoms. The van der Waals surface area contributed by atoms with Crippen LogP contribution < -0.4 is 27.4 Å². The minimum Gasteiger partial charge on any atom is -0.459 e. The summed E-state index contributed by atoms with van der Waals surface area (Å²) in [6, 6.07) is 11.2. The number of piperidine rings is 1. The predicted octanol–water partition coefficient (Wildman–Crippen LogP) is 7.91. The molecule has 6 aromatic heterocycles. The lowest BCUT2D eigenvalue weighted by Crippen LogP contribution is -2.61. The molecule has 3 saturated heterocycles. The maximum atomic E-state index is 14.9. The van der Waals surface area contributed by atoms with Crippen molar-refractivity contribution in [3.8, 4) is 33.6 Å². The van der Waals surface area contributed by atoms with Crippen LogP contribution in [-0.2, 0) is 91.0 Å². The maximum Gasteiger partial charge on any atom is 0.329 e. The van der Waals surface area contributed by atoms with Crippen LogP contribution in [0.4, 0.5) is 17.8 Å². The van der Waals surface area contributed by atoms with Crippen LogP contribution in [0, 0.1) is 29.6 Å². The zero-order valence-corrected chi connectivity index (χ0v) is 79.3. The fraction of sp³-hybridized carbons (Fsp3) is 0.588. The van der Waals surface area contributed by atoms with Crippen molar-refractivity contribution in [1.82, 2.24) is 79.8 Å². The van der Waals surface area contributed by atoms with Crippen molar-refractivity contribution in [3.63, 3.8) is 0 Å². The van der Waals surface area contributed by atoms with Crippen molar-refractivity contribution in [2.45, 2.75) is 218 Å². The van der Waals surface area contributed by atoms with E-state index in [2.05, 4.69) is 56.8 Å². The average molecular weight is 1880 g/mol. The number of cyclic esters (lactones) is 1. The zero-order chi connectivity index (χ0) is 96.4. The van der Waals surface area contributed by atoms with Gasteiger partial charge in [-0.15, -0.1) is 10.2 Å². The molecule has 13 rings (SSSR count). The number of esters is 1. The van der Waals surface area contributed by atoms with Gasteiger partial charge in [-0.2, -0.15) is 10.1 Å². The fourth-order valence-corrected chi connectivity index (χ4v) is 18.5. The Morgan fingerprint density at radius 1 is 0.721 bits per heavy atom. The van der Waals surface area contributed by atoms with E-state index >= 15 is 0 Å². The number of oxazole rings is 1. The highest BCUT2D eigenvalue weighted by atomic mass is 16.6. The number of ether oxygens (including phenoxy) is 9. The van der Waals surface area contributed by atoms with Gasteiger partial charge in [0.25, 0.3) is 17.7 Å². The highest BCUT2D eigenvalue weighted by Crippen LogP contribution is 2.42. The summed E-state index contributed by atoms with van der Waals surface area (Å²) in [4.78, 5) is 113. The number of carbonyl (C=O) groups is 6. The van der Waals surface area contributed by atoms with Gasteiger partial charge in [-0.25, -0.2) is 38.8 Å². The lowest BCUT2D eigenvalue weighted by Gasteiger charge is -2.42. The van der Waals surface area contributed by atoms with Gasteiger partial charge in [-0.05, 0) is 144 Å². The molecule has 0 spiro atoms. The largest absolute Gasteiger partial charge is 0.459 e. The molecule has 39 heteroatoms. The molecule has 15 atom stereocenters. The van der Waals surface area contributed by atoms with E-state index in [-0.39, 0.29) is 86.7 Å². The Balaban J connectivity index is 0.512. The number of allylic oxidation sites excluding steroid dienone is 6. The molecule has 4 fully saturated rings. The summed E-state index contributed by atoms with van der Waals surface area (Å²) in [5, 5.41) is 61.2.